The zero-order valence-corrected chi connectivity index (χ0v) is 8.46. The van der Waals surface area contributed by atoms with Gasteiger partial charge in [-0.2, -0.15) is 5.26 Å². The molecule has 0 heterocycles. The van der Waals surface area contributed by atoms with Crippen molar-refractivity contribution in [3.05, 3.63) is 34.3 Å². The molecule has 0 spiro atoms. The van der Waals surface area contributed by atoms with Gasteiger partial charge in [0.05, 0.1) is 11.6 Å². The second-order valence-corrected chi connectivity index (χ2v) is 4.21. The van der Waals surface area contributed by atoms with Crippen molar-refractivity contribution >= 4 is 11.6 Å². The van der Waals surface area contributed by atoms with Crippen molar-refractivity contribution in [3.63, 3.8) is 0 Å². The van der Waals surface area contributed by atoms with Crippen LogP contribution < -0.4 is 5.73 Å². The number of nitrogens with two attached hydrogens (primary N) is 1. The summed E-state index contributed by atoms with van der Waals surface area (Å²) in [6, 6.07) is 7.90. The average molecular weight is 207 g/mol. The molecule has 3 heteroatoms. The molecule has 1 aliphatic carbocycles. The third-order valence-electron chi connectivity index (χ3n) is 2.75. The maximum absolute atomic E-state index is 8.92. The van der Waals surface area contributed by atoms with E-state index in [-0.39, 0.29) is 0 Å². The van der Waals surface area contributed by atoms with Crippen molar-refractivity contribution < 1.29 is 0 Å². The molecule has 2 rings (SSSR count). The van der Waals surface area contributed by atoms with Crippen LogP contribution in [0.4, 0.5) is 0 Å². The maximum atomic E-state index is 8.92. The van der Waals surface area contributed by atoms with Gasteiger partial charge in [-0.15, -0.1) is 0 Å². The van der Waals surface area contributed by atoms with E-state index in [9.17, 15) is 0 Å². The van der Waals surface area contributed by atoms with Crippen molar-refractivity contribution in [1.29, 1.82) is 5.26 Å². The Hall–Kier alpha value is -1.04. The summed E-state index contributed by atoms with van der Waals surface area (Å²) in [6.45, 7) is 0. The van der Waals surface area contributed by atoms with Crippen LogP contribution in [-0.4, -0.2) is 6.04 Å². The Bertz CT molecular complexity index is 389. The quantitative estimate of drug-likeness (QED) is 0.767. The Kier molecular flexibility index (Phi) is 2.45. The summed E-state index contributed by atoms with van der Waals surface area (Å²) in [5.74, 6) is 0.429. The van der Waals surface area contributed by atoms with E-state index in [0.29, 0.717) is 17.0 Å². The van der Waals surface area contributed by atoms with E-state index in [4.69, 9.17) is 22.6 Å². The van der Waals surface area contributed by atoms with Gasteiger partial charge in [-0.3, -0.25) is 0 Å². The molecular formula is C11H11ClN2. The first-order valence-corrected chi connectivity index (χ1v) is 5.03. The number of halogens is 1. The van der Waals surface area contributed by atoms with Crippen LogP contribution in [0.5, 0.6) is 0 Å². The molecule has 0 bridgehead atoms. The number of hydrogen-bond acceptors (Lipinski definition) is 2. The fourth-order valence-corrected chi connectivity index (χ4v) is 2.07. The van der Waals surface area contributed by atoms with Crippen LogP contribution in [-0.2, 0) is 0 Å². The molecule has 1 aliphatic rings. The van der Waals surface area contributed by atoms with Gasteiger partial charge in [0.2, 0.25) is 0 Å². The number of hydrogen-bond donors (Lipinski definition) is 1. The van der Waals surface area contributed by atoms with Crippen LogP contribution in [0.2, 0.25) is 5.02 Å². The minimum atomic E-state index is 0.297. The van der Waals surface area contributed by atoms with Gasteiger partial charge >= 0.3 is 0 Å². The minimum absolute atomic E-state index is 0.297. The van der Waals surface area contributed by atoms with Gasteiger partial charge in [0.15, 0.2) is 0 Å². The van der Waals surface area contributed by atoms with Crippen LogP contribution in [0.1, 0.15) is 29.9 Å². The highest BCUT2D eigenvalue weighted by atomic mass is 35.5. The monoisotopic (exact) mass is 206 g/mol. The highest BCUT2D eigenvalue weighted by molar-refractivity contribution is 6.30. The standard InChI is InChI=1S/C11H11ClN2/c12-9-2-1-7(6-13)11(5-9)8-3-10(14)4-8/h1-2,5,8,10H,3-4,14H2/t8-,10+. The van der Waals surface area contributed by atoms with Gasteiger partial charge < -0.3 is 5.73 Å². The summed E-state index contributed by atoms with van der Waals surface area (Å²) in [5.41, 5.74) is 7.51. The molecule has 0 saturated heterocycles. The van der Waals surface area contributed by atoms with Crippen molar-refractivity contribution in [1.82, 2.24) is 0 Å². The highest BCUT2D eigenvalue weighted by Gasteiger charge is 2.29. The lowest BCUT2D eigenvalue weighted by atomic mass is 9.75. The van der Waals surface area contributed by atoms with Gasteiger partial charge in [-0.1, -0.05) is 11.6 Å². The first-order chi connectivity index (χ1) is 6.70. The normalized spacial score (nSPS) is 25.2. The van der Waals surface area contributed by atoms with E-state index in [2.05, 4.69) is 6.07 Å². The molecular weight excluding hydrogens is 196 g/mol. The second kappa shape index (κ2) is 3.61. The summed E-state index contributed by atoms with van der Waals surface area (Å²) < 4.78 is 0. The highest BCUT2D eigenvalue weighted by Crippen LogP contribution is 2.38. The molecule has 0 atom stereocenters. The third kappa shape index (κ3) is 1.61. The summed E-state index contributed by atoms with van der Waals surface area (Å²) in [7, 11) is 0. The van der Waals surface area contributed by atoms with Gasteiger partial charge in [0.1, 0.15) is 0 Å². The van der Waals surface area contributed by atoms with Crippen LogP contribution in [0.15, 0.2) is 18.2 Å². The van der Waals surface area contributed by atoms with E-state index in [1.54, 1.807) is 12.1 Å². The van der Waals surface area contributed by atoms with Crippen molar-refractivity contribution in [2.45, 2.75) is 24.8 Å². The molecule has 1 fully saturated rings. The lowest BCUT2D eigenvalue weighted by Crippen LogP contribution is -2.35. The third-order valence-corrected chi connectivity index (χ3v) is 2.98. The first-order valence-electron chi connectivity index (χ1n) is 4.66. The zero-order chi connectivity index (χ0) is 10.1. The van der Waals surface area contributed by atoms with Crippen LogP contribution in [0.3, 0.4) is 0 Å². The first kappa shape index (κ1) is 9.51. The van der Waals surface area contributed by atoms with E-state index >= 15 is 0 Å². The molecule has 1 aromatic carbocycles. The lowest BCUT2D eigenvalue weighted by Gasteiger charge is -2.33. The van der Waals surface area contributed by atoms with E-state index in [1.807, 2.05) is 6.07 Å². The summed E-state index contributed by atoms with van der Waals surface area (Å²) in [6.07, 6.45) is 1.93. The van der Waals surface area contributed by atoms with E-state index in [1.165, 1.54) is 0 Å². The second-order valence-electron chi connectivity index (χ2n) is 3.77. The number of benzene rings is 1. The largest absolute Gasteiger partial charge is 0.328 e. The topological polar surface area (TPSA) is 49.8 Å². The van der Waals surface area contributed by atoms with Gasteiger partial charge in [0, 0.05) is 11.1 Å². The molecule has 2 N–H and O–H groups in total. The number of nitriles is 1. The van der Waals surface area contributed by atoms with E-state index < -0.39 is 0 Å². The molecule has 14 heavy (non-hydrogen) atoms. The smallest absolute Gasteiger partial charge is 0.0994 e. The number of nitrogens with zero attached hydrogens (tertiary/aromatic N) is 1. The average Bonchev–Trinajstić information content (AvgIpc) is 2.13. The molecule has 0 amide bonds. The molecule has 72 valence electrons. The SMILES string of the molecule is N#Cc1ccc(Cl)cc1[C@H]1C[C@@H](N)C1. The summed E-state index contributed by atoms with van der Waals surface area (Å²) >= 11 is 5.89. The van der Waals surface area contributed by atoms with Gasteiger partial charge in [-0.05, 0) is 42.5 Å². The Morgan fingerprint density at radius 3 is 2.71 bits per heavy atom. The molecule has 1 aromatic rings. The maximum Gasteiger partial charge on any atom is 0.0994 e. The fourth-order valence-electron chi connectivity index (χ4n) is 1.89. The van der Waals surface area contributed by atoms with Crippen LogP contribution in [0.25, 0.3) is 0 Å². The predicted molar refractivity (Wildman–Crippen MR) is 56.1 cm³/mol. The van der Waals surface area contributed by atoms with Gasteiger partial charge in [0.25, 0.3) is 0 Å². The Morgan fingerprint density at radius 1 is 1.43 bits per heavy atom. The summed E-state index contributed by atoms with van der Waals surface area (Å²) in [4.78, 5) is 0. The lowest BCUT2D eigenvalue weighted by molar-refractivity contribution is 0.351. The molecule has 0 aromatic heterocycles. The van der Waals surface area contributed by atoms with Crippen molar-refractivity contribution in [3.8, 4) is 6.07 Å². The Balaban J connectivity index is 2.32. The molecule has 0 aliphatic heterocycles. The van der Waals surface area contributed by atoms with Crippen molar-refractivity contribution in [2.75, 3.05) is 0 Å². The zero-order valence-electron chi connectivity index (χ0n) is 7.70. The summed E-state index contributed by atoms with van der Waals surface area (Å²) in [5, 5.41) is 9.61. The predicted octanol–water partition coefficient (Wildman–Crippen LogP) is 2.42. The Morgan fingerprint density at radius 2 is 2.14 bits per heavy atom. The Labute approximate surface area is 88.3 Å². The minimum Gasteiger partial charge on any atom is -0.328 e. The number of rotatable bonds is 1. The van der Waals surface area contributed by atoms with Crippen molar-refractivity contribution in [2.24, 2.45) is 5.73 Å². The van der Waals surface area contributed by atoms with E-state index in [0.717, 1.165) is 24.0 Å². The fraction of sp³-hybridized carbons (Fsp3) is 0.364. The van der Waals surface area contributed by atoms with Crippen LogP contribution >= 0.6 is 11.6 Å². The molecule has 0 radical (unpaired) electrons. The van der Waals surface area contributed by atoms with Gasteiger partial charge in [-0.25, -0.2) is 0 Å². The molecule has 2 nitrogen and oxygen atoms in total. The molecule has 0 unspecified atom stereocenters. The molecule has 1 saturated carbocycles. The van der Waals surface area contributed by atoms with Crippen LogP contribution in [0, 0.1) is 11.3 Å².